The van der Waals surface area contributed by atoms with Gasteiger partial charge in [-0.05, 0) is 84.5 Å². The van der Waals surface area contributed by atoms with Crippen LogP contribution in [0.15, 0.2) is 73.1 Å². The summed E-state index contributed by atoms with van der Waals surface area (Å²) >= 11 is 5.78. The molecule has 6 rings (SSSR count). The van der Waals surface area contributed by atoms with Crippen LogP contribution in [0.25, 0.3) is 50.8 Å². The van der Waals surface area contributed by atoms with E-state index in [1.807, 2.05) is 46.4 Å². The molecule has 0 aliphatic heterocycles. The standard InChI is InChI=1S/C28H21NS3/c1-16-11-17(2)26(18(3)12-16)23-15-25-28(32-23)27-24(30-25)14-22(31-27)21-6-4-5-20(13-21)19-7-9-29-10-8-19/h4-15H,1-3H3. The first-order chi connectivity index (χ1) is 15.6. The van der Waals surface area contributed by atoms with Gasteiger partial charge < -0.3 is 0 Å². The number of benzene rings is 2. The number of thiophene rings is 3. The minimum absolute atomic E-state index is 1.20. The predicted octanol–water partition coefficient (Wildman–Crippen LogP) is 9.50. The van der Waals surface area contributed by atoms with E-state index in [2.05, 4.69) is 86.4 Å². The Hall–Kier alpha value is -2.79. The Morgan fingerprint density at radius 2 is 1.22 bits per heavy atom. The Balaban J connectivity index is 1.44. The molecule has 0 saturated carbocycles. The molecule has 4 aromatic heterocycles. The van der Waals surface area contributed by atoms with Crippen LogP contribution in [0, 0.1) is 20.8 Å². The van der Waals surface area contributed by atoms with Crippen molar-refractivity contribution in [2.24, 2.45) is 0 Å². The van der Waals surface area contributed by atoms with Crippen molar-refractivity contribution in [2.45, 2.75) is 20.8 Å². The van der Waals surface area contributed by atoms with E-state index in [4.69, 9.17) is 0 Å². The van der Waals surface area contributed by atoms with Crippen molar-refractivity contribution in [3.05, 3.63) is 89.7 Å². The number of fused-ring (bicyclic) bond motifs is 3. The van der Waals surface area contributed by atoms with Gasteiger partial charge in [0.1, 0.15) is 0 Å². The van der Waals surface area contributed by atoms with Gasteiger partial charge in [-0.15, -0.1) is 34.0 Å². The Kier molecular flexibility index (Phi) is 4.76. The molecule has 0 amide bonds. The summed E-state index contributed by atoms with van der Waals surface area (Å²) in [6.07, 6.45) is 3.71. The Bertz CT molecular complexity index is 1580. The number of nitrogens with zero attached hydrogens (tertiary/aromatic N) is 1. The fourth-order valence-corrected chi connectivity index (χ4v) is 8.76. The Morgan fingerprint density at radius 1 is 0.594 bits per heavy atom. The summed E-state index contributed by atoms with van der Waals surface area (Å²) in [5.74, 6) is 0. The van der Waals surface area contributed by atoms with Gasteiger partial charge in [-0.3, -0.25) is 4.98 Å². The average molecular weight is 468 g/mol. The maximum atomic E-state index is 4.15. The molecule has 0 N–H and O–H groups in total. The molecule has 2 aromatic carbocycles. The van der Waals surface area contributed by atoms with E-state index >= 15 is 0 Å². The van der Waals surface area contributed by atoms with Crippen molar-refractivity contribution >= 4 is 52.8 Å². The van der Waals surface area contributed by atoms with Gasteiger partial charge in [0.25, 0.3) is 0 Å². The van der Waals surface area contributed by atoms with Crippen molar-refractivity contribution in [3.8, 4) is 32.0 Å². The number of rotatable bonds is 3. The lowest BCUT2D eigenvalue weighted by Gasteiger charge is -2.09. The highest BCUT2D eigenvalue weighted by molar-refractivity contribution is 7.40. The summed E-state index contributed by atoms with van der Waals surface area (Å²) in [6, 6.07) is 22.3. The van der Waals surface area contributed by atoms with Crippen molar-refractivity contribution < 1.29 is 0 Å². The van der Waals surface area contributed by atoms with Gasteiger partial charge in [0.15, 0.2) is 0 Å². The molecule has 32 heavy (non-hydrogen) atoms. The van der Waals surface area contributed by atoms with Gasteiger partial charge >= 0.3 is 0 Å². The summed E-state index contributed by atoms with van der Waals surface area (Å²) < 4.78 is 5.65. The zero-order valence-corrected chi connectivity index (χ0v) is 20.5. The second-order valence-corrected chi connectivity index (χ2v) is 11.5. The summed E-state index contributed by atoms with van der Waals surface area (Å²) in [5, 5.41) is 0. The Morgan fingerprint density at radius 3 is 1.94 bits per heavy atom. The van der Waals surface area contributed by atoms with Gasteiger partial charge in [0.2, 0.25) is 0 Å². The smallest absolute Gasteiger partial charge is 0.0636 e. The van der Waals surface area contributed by atoms with Crippen molar-refractivity contribution in [3.63, 3.8) is 0 Å². The molecule has 0 aliphatic carbocycles. The average Bonchev–Trinajstić information content (AvgIpc) is 3.45. The lowest BCUT2D eigenvalue weighted by molar-refractivity contribution is 1.33. The molecular formula is C28H21NS3. The zero-order valence-electron chi connectivity index (χ0n) is 18.1. The monoisotopic (exact) mass is 467 g/mol. The van der Waals surface area contributed by atoms with Crippen LogP contribution in [-0.4, -0.2) is 4.98 Å². The fourth-order valence-electron chi connectivity index (χ4n) is 4.57. The summed E-state index contributed by atoms with van der Waals surface area (Å²) in [4.78, 5) is 6.87. The first kappa shape index (κ1) is 19.9. The molecule has 4 heterocycles. The van der Waals surface area contributed by atoms with Crippen molar-refractivity contribution in [1.29, 1.82) is 0 Å². The molecule has 6 aromatic rings. The van der Waals surface area contributed by atoms with E-state index in [1.54, 1.807) is 0 Å². The van der Waals surface area contributed by atoms with Gasteiger partial charge in [0, 0.05) is 31.5 Å². The molecule has 0 bridgehead atoms. The van der Waals surface area contributed by atoms with E-state index in [0.717, 1.165) is 0 Å². The lowest BCUT2D eigenvalue weighted by atomic mass is 9.99. The zero-order chi connectivity index (χ0) is 21.8. The second kappa shape index (κ2) is 7.66. The molecule has 0 atom stereocenters. The molecule has 156 valence electrons. The molecule has 4 heteroatoms. The molecule has 1 nitrogen and oxygen atoms in total. The van der Waals surface area contributed by atoms with Crippen LogP contribution >= 0.6 is 34.0 Å². The summed E-state index contributed by atoms with van der Waals surface area (Å²) in [5.41, 5.74) is 9.19. The second-order valence-electron chi connectivity index (χ2n) is 8.30. The van der Waals surface area contributed by atoms with E-state index in [9.17, 15) is 0 Å². The third-order valence-electron chi connectivity index (χ3n) is 5.91. The van der Waals surface area contributed by atoms with Gasteiger partial charge in [-0.1, -0.05) is 35.9 Å². The normalized spacial score (nSPS) is 11.6. The molecule has 0 radical (unpaired) electrons. The first-order valence-corrected chi connectivity index (χ1v) is 13.1. The van der Waals surface area contributed by atoms with E-state index in [0.29, 0.717) is 0 Å². The highest BCUT2D eigenvalue weighted by atomic mass is 32.1. The van der Waals surface area contributed by atoms with Crippen LogP contribution in [0.1, 0.15) is 16.7 Å². The molecule has 0 saturated heterocycles. The highest BCUT2D eigenvalue weighted by Gasteiger charge is 2.17. The van der Waals surface area contributed by atoms with Crippen molar-refractivity contribution in [2.75, 3.05) is 0 Å². The van der Waals surface area contributed by atoms with Crippen LogP contribution in [0.4, 0.5) is 0 Å². The number of aryl methyl sites for hydroxylation is 3. The number of pyridine rings is 1. The summed E-state index contributed by atoms with van der Waals surface area (Å²) in [6.45, 7) is 6.65. The highest BCUT2D eigenvalue weighted by Crippen LogP contribution is 2.49. The van der Waals surface area contributed by atoms with Crippen LogP contribution in [0.3, 0.4) is 0 Å². The molecule has 0 spiro atoms. The maximum absolute atomic E-state index is 4.15. The van der Waals surface area contributed by atoms with E-state index in [-0.39, 0.29) is 0 Å². The molecule has 0 unspecified atom stereocenters. The largest absolute Gasteiger partial charge is 0.265 e. The van der Waals surface area contributed by atoms with Gasteiger partial charge in [-0.2, -0.15) is 0 Å². The molecule has 0 fully saturated rings. The predicted molar refractivity (Wildman–Crippen MR) is 143 cm³/mol. The van der Waals surface area contributed by atoms with E-state index in [1.165, 1.54) is 67.5 Å². The quantitative estimate of drug-likeness (QED) is 0.252. The number of hydrogen-bond donors (Lipinski definition) is 0. The number of hydrogen-bond acceptors (Lipinski definition) is 4. The number of aromatic nitrogens is 1. The van der Waals surface area contributed by atoms with Gasteiger partial charge in [0.05, 0.1) is 9.40 Å². The molecular weight excluding hydrogens is 447 g/mol. The van der Waals surface area contributed by atoms with Crippen molar-refractivity contribution in [1.82, 2.24) is 4.98 Å². The van der Waals surface area contributed by atoms with E-state index < -0.39 is 0 Å². The van der Waals surface area contributed by atoms with Gasteiger partial charge in [-0.25, -0.2) is 0 Å². The maximum Gasteiger partial charge on any atom is 0.0636 e. The Labute approximate surface area is 199 Å². The third kappa shape index (κ3) is 3.30. The minimum Gasteiger partial charge on any atom is -0.265 e. The molecule has 0 aliphatic rings. The van der Waals surface area contributed by atoms with Crippen LogP contribution in [0.2, 0.25) is 0 Å². The van der Waals surface area contributed by atoms with Crippen LogP contribution in [-0.2, 0) is 0 Å². The lowest BCUT2D eigenvalue weighted by Crippen LogP contribution is -1.87. The summed E-state index contributed by atoms with van der Waals surface area (Å²) in [7, 11) is 0. The fraction of sp³-hybridized carbons (Fsp3) is 0.107. The third-order valence-corrected chi connectivity index (χ3v) is 9.75. The van der Waals surface area contributed by atoms with Crippen LogP contribution in [0.5, 0.6) is 0 Å². The SMILES string of the molecule is Cc1cc(C)c(-c2cc3sc4cc(-c5cccc(-c6ccncc6)c5)sc4c3s2)c(C)c1. The first-order valence-electron chi connectivity index (χ1n) is 10.6. The van der Waals surface area contributed by atoms with Crippen LogP contribution < -0.4 is 0 Å². The minimum atomic E-state index is 1.20. The topological polar surface area (TPSA) is 12.9 Å².